The summed E-state index contributed by atoms with van der Waals surface area (Å²) in [4.78, 5) is 25.6. The average Bonchev–Trinajstić information content (AvgIpc) is 3.11. The molecule has 0 saturated heterocycles. The predicted molar refractivity (Wildman–Crippen MR) is 96.5 cm³/mol. The molecule has 0 unspecified atom stereocenters. The normalized spacial score (nSPS) is 10.9. The number of hydrogen-bond acceptors (Lipinski definition) is 6. The van der Waals surface area contributed by atoms with Crippen molar-refractivity contribution in [3.8, 4) is 11.3 Å². The number of anilines is 2. The van der Waals surface area contributed by atoms with Crippen molar-refractivity contribution in [2.75, 3.05) is 11.9 Å². The molecule has 0 bridgehead atoms. The number of para-hydroxylation sites is 1. The van der Waals surface area contributed by atoms with Crippen LogP contribution in [0.2, 0.25) is 0 Å². The molecule has 2 heterocycles. The topological polar surface area (TPSA) is 92.4 Å². The Morgan fingerprint density at radius 1 is 1.04 bits per heavy atom. The zero-order valence-corrected chi connectivity index (χ0v) is 14.1. The van der Waals surface area contributed by atoms with Gasteiger partial charge in [0.15, 0.2) is 5.82 Å². The molecule has 2 aromatic heterocycles. The number of aromatic carboxylic acids is 1. The van der Waals surface area contributed by atoms with Gasteiger partial charge in [0, 0.05) is 18.3 Å². The maximum absolute atomic E-state index is 13.3. The van der Waals surface area contributed by atoms with E-state index in [1.807, 2.05) is 30.3 Å². The van der Waals surface area contributed by atoms with E-state index in [1.165, 1.54) is 12.1 Å². The Balaban J connectivity index is 1.94. The molecule has 0 amide bonds. The van der Waals surface area contributed by atoms with Gasteiger partial charge in [0.05, 0.1) is 0 Å². The standard InChI is InChI=1S/C19H13FN4O3/c1-24(13-5-3-2-4-6-13)16-14(11-7-9-12(20)10-8-11)21-15-17(23-16)27-18(22-15)19(25)26/h2-10H,1H3,(H,25,26). The minimum atomic E-state index is -1.31. The highest BCUT2D eigenvalue weighted by Crippen LogP contribution is 2.33. The summed E-state index contributed by atoms with van der Waals surface area (Å²) in [7, 11) is 1.80. The lowest BCUT2D eigenvalue weighted by atomic mass is 10.1. The van der Waals surface area contributed by atoms with E-state index in [0.29, 0.717) is 17.1 Å². The van der Waals surface area contributed by atoms with Gasteiger partial charge in [0.2, 0.25) is 5.65 Å². The summed E-state index contributed by atoms with van der Waals surface area (Å²) in [5, 5.41) is 9.10. The highest BCUT2D eigenvalue weighted by atomic mass is 19.1. The van der Waals surface area contributed by atoms with Crippen LogP contribution >= 0.6 is 0 Å². The average molecular weight is 364 g/mol. The lowest BCUT2D eigenvalue weighted by Gasteiger charge is -2.20. The Morgan fingerprint density at radius 3 is 2.41 bits per heavy atom. The number of fused-ring (bicyclic) bond motifs is 1. The number of rotatable bonds is 4. The van der Waals surface area contributed by atoms with E-state index in [0.717, 1.165) is 5.69 Å². The minimum absolute atomic E-state index is 0.0102. The number of nitrogens with zero attached hydrogens (tertiary/aromatic N) is 4. The van der Waals surface area contributed by atoms with Gasteiger partial charge in [0.25, 0.3) is 5.71 Å². The van der Waals surface area contributed by atoms with Gasteiger partial charge in [-0.15, -0.1) is 0 Å². The number of benzene rings is 2. The Bertz CT molecular complexity index is 1130. The van der Waals surface area contributed by atoms with Gasteiger partial charge in [0.1, 0.15) is 11.5 Å². The molecule has 0 fully saturated rings. The second-order valence-corrected chi connectivity index (χ2v) is 5.75. The monoisotopic (exact) mass is 364 g/mol. The summed E-state index contributed by atoms with van der Waals surface area (Å²) in [5.41, 5.74) is 1.96. The Morgan fingerprint density at radius 2 is 1.74 bits per heavy atom. The SMILES string of the molecule is CN(c1ccccc1)c1nc2oc(C(=O)O)nc2nc1-c1ccc(F)cc1. The summed E-state index contributed by atoms with van der Waals surface area (Å²) in [5.74, 6) is -1.75. The fourth-order valence-electron chi connectivity index (χ4n) is 2.66. The van der Waals surface area contributed by atoms with E-state index in [1.54, 1.807) is 24.1 Å². The Hall–Kier alpha value is -3.81. The van der Waals surface area contributed by atoms with Crippen LogP contribution in [-0.4, -0.2) is 33.1 Å². The minimum Gasteiger partial charge on any atom is -0.474 e. The maximum Gasteiger partial charge on any atom is 0.392 e. The molecule has 0 saturated carbocycles. The number of carboxylic acid groups (broad SMARTS) is 1. The van der Waals surface area contributed by atoms with Gasteiger partial charge in [-0.3, -0.25) is 0 Å². The first-order valence-corrected chi connectivity index (χ1v) is 7.99. The van der Waals surface area contributed by atoms with Crippen molar-refractivity contribution in [1.82, 2.24) is 15.0 Å². The maximum atomic E-state index is 13.3. The van der Waals surface area contributed by atoms with E-state index in [-0.39, 0.29) is 17.2 Å². The second kappa shape index (κ2) is 6.49. The molecule has 134 valence electrons. The molecule has 0 atom stereocenters. The third kappa shape index (κ3) is 3.08. The van der Waals surface area contributed by atoms with Gasteiger partial charge in [-0.05, 0) is 36.4 Å². The number of carboxylic acids is 1. The summed E-state index contributed by atoms with van der Waals surface area (Å²) < 4.78 is 18.5. The lowest BCUT2D eigenvalue weighted by molar-refractivity contribution is 0.0656. The van der Waals surface area contributed by atoms with Crippen molar-refractivity contribution < 1.29 is 18.7 Å². The van der Waals surface area contributed by atoms with Gasteiger partial charge in [-0.25, -0.2) is 14.2 Å². The quantitative estimate of drug-likeness (QED) is 0.587. The molecule has 2 aromatic carbocycles. The summed E-state index contributed by atoms with van der Waals surface area (Å²) in [6.45, 7) is 0. The molecule has 0 aliphatic carbocycles. The summed E-state index contributed by atoms with van der Waals surface area (Å²) in [6, 6.07) is 15.2. The Labute approximate surface area is 152 Å². The first-order valence-electron chi connectivity index (χ1n) is 7.99. The van der Waals surface area contributed by atoms with Crippen LogP contribution in [0.5, 0.6) is 0 Å². The van der Waals surface area contributed by atoms with Crippen molar-refractivity contribution in [3.63, 3.8) is 0 Å². The third-order valence-electron chi connectivity index (χ3n) is 3.99. The number of oxazole rings is 1. The van der Waals surface area contributed by atoms with Crippen LogP contribution in [0.25, 0.3) is 22.6 Å². The zero-order valence-electron chi connectivity index (χ0n) is 14.1. The second-order valence-electron chi connectivity index (χ2n) is 5.75. The third-order valence-corrected chi connectivity index (χ3v) is 3.99. The van der Waals surface area contributed by atoms with Gasteiger partial charge >= 0.3 is 11.9 Å². The summed E-state index contributed by atoms with van der Waals surface area (Å²) in [6.07, 6.45) is 0. The van der Waals surface area contributed by atoms with Crippen molar-refractivity contribution in [3.05, 3.63) is 66.3 Å². The van der Waals surface area contributed by atoms with E-state index >= 15 is 0 Å². The first kappa shape index (κ1) is 16.6. The van der Waals surface area contributed by atoms with Crippen LogP contribution in [0.15, 0.2) is 59.0 Å². The highest BCUT2D eigenvalue weighted by molar-refractivity contribution is 5.87. The number of halogens is 1. The van der Waals surface area contributed by atoms with Crippen LogP contribution in [-0.2, 0) is 0 Å². The molecule has 1 N–H and O–H groups in total. The molecule has 7 nitrogen and oxygen atoms in total. The summed E-state index contributed by atoms with van der Waals surface area (Å²) >= 11 is 0. The molecule has 0 spiro atoms. The van der Waals surface area contributed by atoms with Crippen LogP contribution < -0.4 is 4.90 Å². The first-order chi connectivity index (χ1) is 13.0. The smallest absolute Gasteiger partial charge is 0.392 e. The predicted octanol–water partition coefficient (Wildman–Crippen LogP) is 3.89. The van der Waals surface area contributed by atoms with Crippen LogP contribution in [0.4, 0.5) is 15.9 Å². The largest absolute Gasteiger partial charge is 0.474 e. The Kier molecular flexibility index (Phi) is 4.00. The van der Waals surface area contributed by atoms with Crippen molar-refractivity contribution >= 4 is 28.8 Å². The highest BCUT2D eigenvalue weighted by Gasteiger charge is 2.21. The number of hydrogen-bond donors (Lipinski definition) is 1. The van der Waals surface area contributed by atoms with Gasteiger partial charge < -0.3 is 14.4 Å². The molecule has 4 rings (SSSR count). The van der Waals surface area contributed by atoms with E-state index in [9.17, 15) is 9.18 Å². The molecule has 0 aliphatic heterocycles. The van der Waals surface area contributed by atoms with E-state index in [2.05, 4.69) is 15.0 Å². The lowest BCUT2D eigenvalue weighted by Crippen LogP contribution is -2.13. The molecular formula is C19H13FN4O3. The van der Waals surface area contributed by atoms with Gasteiger partial charge in [-0.2, -0.15) is 9.97 Å². The van der Waals surface area contributed by atoms with Crippen LogP contribution in [0, 0.1) is 5.82 Å². The van der Waals surface area contributed by atoms with E-state index < -0.39 is 11.9 Å². The number of carbonyl (C=O) groups is 1. The molecule has 4 aromatic rings. The van der Waals surface area contributed by atoms with Crippen molar-refractivity contribution in [1.29, 1.82) is 0 Å². The molecule has 8 heteroatoms. The number of aromatic nitrogens is 3. The van der Waals surface area contributed by atoms with Crippen LogP contribution in [0.3, 0.4) is 0 Å². The fraction of sp³-hybridized carbons (Fsp3) is 0.0526. The van der Waals surface area contributed by atoms with Crippen molar-refractivity contribution in [2.24, 2.45) is 0 Å². The van der Waals surface area contributed by atoms with Crippen molar-refractivity contribution in [2.45, 2.75) is 0 Å². The van der Waals surface area contributed by atoms with Crippen LogP contribution in [0.1, 0.15) is 10.7 Å². The van der Waals surface area contributed by atoms with Gasteiger partial charge in [-0.1, -0.05) is 18.2 Å². The van der Waals surface area contributed by atoms with E-state index in [4.69, 9.17) is 9.52 Å². The molecular weight excluding hydrogens is 351 g/mol. The zero-order chi connectivity index (χ0) is 19.0. The molecule has 0 radical (unpaired) electrons. The molecule has 27 heavy (non-hydrogen) atoms. The molecule has 0 aliphatic rings. The fourth-order valence-corrected chi connectivity index (χ4v) is 2.66.